The molecule has 0 spiro atoms. The monoisotopic (exact) mass is 363 g/mol. The van der Waals surface area contributed by atoms with Gasteiger partial charge in [-0.2, -0.15) is 0 Å². The van der Waals surface area contributed by atoms with Gasteiger partial charge in [-0.15, -0.1) is 0 Å². The molecule has 1 N–H and O–H groups in total. The van der Waals surface area contributed by atoms with E-state index in [0.29, 0.717) is 42.5 Å². The molecule has 1 amide bonds. The van der Waals surface area contributed by atoms with Crippen molar-refractivity contribution < 1.29 is 19.0 Å². The zero-order valence-electron chi connectivity index (χ0n) is 14.4. The van der Waals surface area contributed by atoms with E-state index in [2.05, 4.69) is 5.32 Å². The minimum atomic E-state index is -0.0264. The number of benzene rings is 2. The van der Waals surface area contributed by atoms with E-state index in [9.17, 15) is 4.79 Å². The number of nitrogens with one attached hydrogen (secondary N) is 1. The van der Waals surface area contributed by atoms with E-state index in [1.54, 1.807) is 44.6 Å². The summed E-state index contributed by atoms with van der Waals surface area (Å²) in [6.45, 7) is 0.850. The highest BCUT2D eigenvalue weighted by Crippen LogP contribution is 2.23. The molecular formula is C19H22ClNO4. The molecule has 0 saturated heterocycles. The SMILES string of the molecule is COc1cc(CCC(=O)NCCOc2ccc(Cl)cc2)cc(OC)c1. The van der Waals surface area contributed by atoms with Crippen molar-refractivity contribution in [3.8, 4) is 17.2 Å². The van der Waals surface area contributed by atoms with E-state index < -0.39 is 0 Å². The maximum atomic E-state index is 11.9. The smallest absolute Gasteiger partial charge is 0.220 e. The minimum Gasteiger partial charge on any atom is -0.497 e. The summed E-state index contributed by atoms with van der Waals surface area (Å²) in [4.78, 5) is 11.9. The average Bonchev–Trinajstić information content (AvgIpc) is 2.64. The van der Waals surface area contributed by atoms with E-state index in [4.69, 9.17) is 25.8 Å². The molecule has 6 heteroatoms. The van der Waals surface area contributed by atoms with Crippen molar-refractivity contribution in [1.29, 1.82) is 0 Å². The fraction of sp³-hybridized carbons (Fsp3) is 0.316. The third-order valence-electron chi connectivity index (χ3n) is 3.56. The highest BCUT2D eigenvalue weighted by atomic mass is 35.5. The number of hydrogen-bond acceptors (Lipinski definition) is 4. The van der Waals surface area contributed by atoms with Crippen LogP contribution in [0.1, 0.15) is 12.0 Å². The third kappa shape index (κ3) is 6.55. The lowest BCUT2D eigenvalue weighted by Gasteiger charge is -2.09. The zero-order chi connectivity index (χ0) is 18.1. The first-order valence-corrected chi connectivity index (χ1v) is 8.35. The average molecular weight is 364 g/mol. The van der Waals surface area contributed by atoms with Crippen LogP contribution in [0.2, 0.25) is 5.02 Å². The standard InChI is InChI=1S/C19H22ClNO4/c1-23-17-11-14(12-18(13-17)24-2)3-8-19(22)21-9-10-25-16-6-4-15(20)5-7-16/h4-7,11-13H,3,8-10H2,1-2H3,(H,21,22). The van der Waals surface area contributed by atoms with Gasteiger partial charge in [-0.1, -0.05) is 11.6 Å². The third-order valence-corrected chi connectivity index (χ3v) is 3.81. The summed E-state index contributed by atoms with van der Waals surface area (Å²) in [5.41, 5.74) is 0.990. The summed E-state index contributed by atoms with van der Waals surface area (Å²) in [5, 5.41) is 3.50. The second-order valence-corrected chi connectivity index (χ2v) is 5.81. The lowest BCUT2D eigenvalue weighted by molar-refractivity contribution is -0.121. The molecule has 2 rings (SSSR count). The molecule has 5 nitrogen and oxygen atoms in total. The van der Waals surface area contributed by atoms with E-state index in [1.165, 1.54) is 0 Å². The first-order valence-electron chi connectivity index (χ1n) is 7.97. The van der Waals surface area contributed by atoms with Crippen LogP contribution in [0.5, 0.6) is 17.2 Å². The van der Waals surface area contributed by atoms with Gasteiger partial charge in [0.1, 0.15) is 23.9 Å². The topological polar surface area (TPSA) is 56.8 Å². The fourth-order valence-electron chi connectivity index (χ4n) is 2.25. The molecule has 134 valence electrons. The molecule has 0 unspecified atom stereocenters. The first-order chi connectivity index (χ1) is 12.1. The van der Waals surface area contributed by atoms with E-state index in [-0.39, 0.29) is 5.91 Å². The summed E-state index contributed by atoms with van der Waals surface area (Å²) in [5.74, 6) is 2.13. The van der Waals surface area contributed by atoms with Crippen LogP contribution in [0.15, 0.2) is 42.5 Å². The summed E-state index contributed by atoms with van der Waals surface area (Å²) in [6, 6.07) is 12.7. The van der Waals surface area contributed by atoms with E-state index in [0.717, 1.165) is 11.3 Å². The molecule has 2 aromatic carbocycles. The Morgan fingerprint density at radius 1 is 1.00 bits per heavy atom. The Kier molecular flexibility index (Phi) is 7.41. The van der Waals surface area contributed by atoms with Crippen LogP contribution in [0.4, 0.5) is 0 Å². The van der Waals surface area contributed by atoms with Crippen LogP contribution in [0.25, 0.3) is 0 Å². The maximum absolute atomic E-state index is 11.9. The second-order valence-electron chi connectivity index (χ2n) is 5.37. The predicted octanol–water partition coefficient (Wildman–Crippen LogP) is 3.49. The van der Waals surface area contributed by atoms with Crippen LogP contribution >= 0.6 is 11.6 Å². The molecule has 0 atom stereocenters. The van der Waals surface area contributed by atoms with E-state index in [1.807, 2.05) is 12.1 Å². The molecule has 0 fully saturated rings. The van der Waals surface area contributed by atoms with Gasteiger partial charge < -0.3 is 19.5 Å². The van der Waals surface area contributed by atoms with Gasteiger partial charge in [-0.05, 0) is 48.4 Å². The largest absolute Gasteiger partial charge is 0.497 e. The molecule has 0 saturated carbocycles. The fourth-order valence-corrected chi connectivity index (χ4v) is 2.37. The number of carbonyl (C=O) groups excluding carboxylic acids is 1. The van der Waals surface area contributed by atoms with Gasteiger partial charge in [-0.25, -0.2) is 0 Å². The molecule has 0 aromatic heterocycles. The highest BCUT2D eigenvalue weighted by Gasteiger charge is 2.06. The number of halogens is 1. The van der Waals surface area contributed by atoms with Crippen LogP contribution in [-0.2, 0) is 11.2 Å². The number of methoxy groups -OCH3 is 2. The normalized spacial score (nSPS) is 10.2. The molecule has 0 aliphatic heterocycles. The maximum Gasteiger partial charge on any atom is 0.220 e. The van der Waals surface area contributed by atoms with Crippen molar-refractivity contribution in [3.05, 3.63) is 53.1 Å². The van der Waals surface area contributed by atoms with Gasteiger partial charge in [0.2, 0.25) is 5.91 Å². The molecule has 2 aromatic rings. The van der Waals surface area contributed by atoms with Gasteiger partial charge in [0.25, 0.3) is 0 Å². The lowest BCUT2D eigenvalue weighted by Crippen LogP contribution is -2.28. The molecule has 0 bridgehead atoms. The summed E-state index contributed by atoms with van der Waals surface area (Å²) in [6.07, 6.45) is 0.995. The Hall–Kier alpha value is -2.40. The Morgan fingerprint density at radius 2 is 1.64 bits per heavy atom. The Bertz CT molecular complexity index is 666. The van der Waals surface area contributed by atoms with Crippen molar-refractivity contribution in [2.45, 2.75) is 12.8 Å². The van der Waals surface area contributed by atoms with Crippen LogP contribution in [0.3, 0.4) is 0 Å². The predicted molar refractivity (Wildman–Crippen MR) is 97.8 cm³/mol. The first kappa shape index (κ1) is 18.9. The van der Waals surface area contributed by atoms with Crippen molar-refractivity contribution in [2.75, 3.05) is 27.4 Å². The number of ether oxygens (including phenoxy) is 3. The quantitative estimate of drug-likeness (QED) is 0.693. The number of rotatable bonds is 9. The van der Waals surface area contributed by atoms with Crippen molar-refractivity contribution in [2.24, 2.45) is 0 Å². The van der Waals surface area contributed by atoms with Crippen LogP contribution in [0, 0.1) is 0 Å². The van der Waals surface area contributed by atoms with Crippen molar-refractivity contribution in [1.82, 2.24) is 5.32 Å². The van der Waals surface area contributed by atoms with Crippen molar-refractivity contribution >= 4 is 17.5 Å². The van der Waals surface area contributed by atoms with Gasteiger partial charge in [-0.3, -0.25) is 4.79 Å². The number of amides is 1. The van der Waals surface area contributed by atoms with Crippen LogP contribution < -0.4 is 19.5 Å². The molecule has 0 aliphatic rings. The summed E-state index contributed by atoms with van der Waals surface area (Å²) in [7, 11) is 3.21. The number of aryl methyl sites for hydroxylation is 1. The summed E-state index contributed by atoms with van der Waals surface area (Å²) >= 11 is 5.81. The second kappa shape index (κ2) is 9.79. The Labute approximate surface area is 152 Å². The van der Waals surface area contributed by atoms with Crippen LogP contribution in [-0.4, -0.2) is 33.3 Å². The Morgan fingerprint density at radius 3 is 2.24 bits per heavy atom. The number of carbonyl (C=O) groups is 1. The molecule has 0 heterocycles. The molecular weight excluding hydrogens is 342 g/mol. The molecule has 0 radical (unpaired) electrons. The zero-order valence-corrected chi connectivity index (χ0v) is 15.1. The Balaban J connectivity index is 1.71. The lowest BCUT2D eigenvalue weighted by atomic mass is 10.1. The van der Waals surface area contributed by atoms with Gasteiger partial charge >= 0.3 is 0 Å². The summed E-state index contributed by atoms with van der Waals surface area (Å²) < 4.78 is 16.0. The minimum absolute atomic E-state index is 0.0264. The van der Waals surface area contributed by atoms with E-state index >= 15 is 0 Å². The highest BCUT2D eigenvalue weighted by molar-refractivity contribution is 6.30. The van der Waals surface area contributed by atoms with Crippen molar-refractivity contribution in [3.63, 3.8) is 0 Å². The molecule has 25 heavy (non-hydrogen) atoms. The van der Waals surface area contributed by atoms with Gasteiger partial charge in [0.15, 0.2) is 0 Å². The van der Waals surface area contributed by atoms with Gasteiger partial charge in [0, 0.05) is 17.5 Å². The number of hydrogen-bond donors (Lipinski definition) is 1. The molecule has 0 aliphatic carbocycles. The van der Waals surface area contributed by atoms with Gasteiger partial charge in [0.05, 0.1) is 20.8 Å².